The lowest BCUT2D eigenvalue weighted by Crippen LogP contribution is -2.40. The topological polar surface area (TPSA) is 64.0 Å². The van der Waals surface area contributed by atoms with Crippen LogP contribution in [0.1, 0.15) is 42.5 Å². The average molecular weight is 279 g/mol. The standard InChI is InChI=1S/C13H17N3O2S/c17-11(15-9-4-2-1-3-5-9)10-8-14-13-16(12(10)18)6-7-19-13/h8-9H,1-7H2,(H,15,17). The maximum Gasteiger partial charge on any atom is 0.267 e. The van der Waals surface area contributed by atoms with Crippen molar-refractivity contribution in [1.82, 2.24) is 14.9 Å². The Bertz CT molecular complexity index is 549. The SMILES string of the molecule is O=C(NC1CCCCC1)c1cnc2n(c1=O)CCS2. The van der Waals surface area contributed by atoms with Crippen LogP contribution in [0.15, 0.2) is 16.1 Å². The van der Waals surface area contributed by atoms with E-state index in [4.69, 9.17) is 0 Å². The monoisotopic (exact) mass is 279 g/mol. The van der Waals surface area contributed by atoms with Crippen LogP contribution in [-0.4, -0.2) is 27.3 Å². The maximum absolute atomic E-state index is 12.2. The van der Waals surface area contributed by atoms with E-state index in [1.165, 1.54) is 12.6 Å². The molecule has 6 heteroatoms. The van der Waals surface area contributed by atoms with Gasteiger partial charge in [-0.05, 0) is 12.8 Å². The molecule has 2 aliphatic rings. The molecule has 2 heterocycles. The van der Waals surface area contributed by atoms with Crippen LogP contribution in [0.2, 0.25) is 0 Å². The number of rotatable bonds is 2. The molecule has 1 aromatic heterocycles. The van der Waals surface area contributed by atoms with Gasteiger partial charge in [0.05, 0.1) is 0 Å². The molecule has 1 N–H and O–H groups in total. The second-order valence-electron chi connectivity index (χ2n) is 5.07. The summed E-state index contributed by atoms with van der Waals surface area (Å²) >= 11 is 1.56. The van der Waals surface area contributed by atoms with Crippen molar-refractivity contribution in [3.8, 4) is 0 Å². The highest BCUT2D eigenvalue weighted by Crippen LogP contribution is 2.21. The van der Waals surface area contributed by atoms with Crippen LogP contribution in [-0.2, 0) is 6.54 Å². The molecule has 0 bridgehead atoms. The molecule has 0 radical (unpaired) electrons. The summed E-state index contributed by atoms with van der Waals surface area (Å²) in [7, 11) is 0. The van der Waals surface area contributed by atoms with Crippen molar-refractivity contribution >= 4 is 17.7 Å². The zero-order valence-corrected chi connectivity index (χ0v) is 11.5. The van der Waals surface area contributed by atoms with Crippen LogP contribution < -0.4 is 10.9 Å². The first kappa shape index (κ1) is 12.7. The number of hydrogen-bond donors (Lipinski definition) is 1. The van der Waals surface area contributed by atoms with Gasteiger partial charge in [0.1, 0.15) is 5.56 Å². The van der Waals surface area contributed by atoms with E-state index in [-0.39, 0.29) is 23.1 Å². The van der Waals surface area contributed by atoms with Crippen molar-refractivity contribution < 1.29 is 4.79 Å². The number of nitrogens with zero attached hydrogens (tertiary/aromatic N) is 2. The quantitative estimate of drug-likeness (QED) is 0.831. The third kappa shape index (κ3) is 2.54. The summed E-state index contributed by atoms with van der Waals surface area (Å²) < 4.78 is 1.60. The Morgan fingerprint density at radius 1 is 1.37 bits per heavy atom. The number of nitrogens with one attached hydrogen (secondary N) is 1. The van der Waals surface area contributed by atoms with Crippen molar-refractivity contribution in [2.45, 2.75) is 49.8 Å². The molecule has 1 amide bonds. The van der Waals surface area contributed by atoms with Crippen molar-refractivity contribution in [2.75, 3.05) is 5.75 Å². The Morgan fingerprint density at radius 2 is 2.16 bits per heavy atom. The minimum absolute atomic E-state index is 0.178. The molecular weight excluding hydrogens is 262 g/mol. The van der Waals surface area contributed by atoms with Crippen molar-refractivity contribution in [2.24, 2.45) is 0 Å². The van der Waals surface area contributed by atoms with Gasteiger partial charge in [-0.3, -0.25) is 14.2 Å². The number of amides is 1. The number of thioether (sulfide) groups is 1. The average Bonchev–Trinajstić information content (AvgIpc) is 2.89. The molecule has 19 heavy (non-hydrogen) atoms. The van der Waals surface area contributed by atoms with E-state index in [0.717, 1.165) is 36.6 Å². The molecule has 0 spiro atoms. The van der Waals surface area contributed by atoms with Gasteiger partial charge in [-0.1, -0.05) is 31.0 Å². The molecule has 0 unspecified atom stereocenters. The smallest absolute Gasteiger partial charge is 0.267 e. The van der Waals surface area contributed by atoms with E-state index in [9.17, 15) is 9.59 Å². The predicted octanol–water partition coefficient (Wildman–Crippen LogP) is 1.41. The number of aromatic nitrogens is 2. The van der Waals surface area contributed by atoms with Gasteiger partial charge in [-0.25, -0.2) is 4.98 Å². The first-order chi connectivity index (χ1) is 9.25. The fourth-order valence-corrected chi connectivity index (χ4v) is 3.60. The molecule has 0 atom stereocenters. The van der Waals surface area contributed by atoms with E-state index < -0.39 is 0 Å². The Labute approximate surface area is 115 Å². The number of carbonyl (C=O) groups excluding carboxylic acids is 1. The molecule has 1 aliphatic heterocycles. The number of hydrogen-bond acceptors (Lipinski definition) is 4. The highest BCUT2D eigenvalue weighted by Gasteiger charge is 2.22. The molecule has 102 valence electrons. The molecule has 0 saturated heterocycles. The molecular formula is C13H17N3O2S. The zero-order valence-electron chi connectivity index (χ0n) is 10.7. The summed E-state index contributed by atoms with van der Waals surface area (Å²) in [4.78, 5) is 28.6. The lowest BCUT2D eigenvalue weighted by atomic mass is 9.95. The maximum atomic E-state index is 12.2. The fraction of sp³-hybridized carbons (Fsp3) is 0.615. The van der Waals surface area contributed by atoms with Crippen molar-refractivity contribution in [3.05, 3.63) is 22.1 Å². The van der Waals surface area contributed by atoms with E-state index in [1.807, 2.05) is 0 Å². The minimum Gasteiger partial charge on any atom is -0.349 e. The van der Waals surface area contributed by atoms with Crippen LogP contribution in [0.3, 0.4) is 0 Å². The molecule has 1 aromatic rings. The van der Waals surface area contributed by atoms with Gasteiger partial charge < -0.3 is 5.32 Å². The summed E-state index contributed by atoms with van der Waals surface area (Å²) in [6, 6.07) is 0.216. The van der Waals surface area contributed by atoms with Crippen molar-refractivity contribution in [1.29, 1.82) is 0 Å². The van der Waals surface area contributed by atoms with Crippen LogP contribution in [0.4, 0.5) is 0 Å². The third-order valence-corrected chi connectivity index (χ3v) is 4.71. The van der Waals surface area contributed by atoms with E-state index >= 15 is 0 Å². The van der Waals surface area contributed by atoms with E-state index in [2.05, 4.69) is 10.3 Å². The number of fused-ring (bicyclic) bond motifs is 1. The summed E-state index contributed by atoms with van der Waals surface area (Å²) in [5.74, 6) is 0.590. The largest absolute Gasteiger partial charge is 0.349 e. The lowest BCUT2D eigenvalue weighted by Gasteiger charge is -2.22. The van der Waals surface area contributed by atoms with Crippen LogP contribution in [0.5, 0.6) is 0 Å². The Hall–Kier alpha value is -1.30. The Morgan fingerprint density at radius 3 is 2.95 bits per heavy atom. The molecule has 1 aliphatic carbocycles. The minimum atomic E-state index is -0.267. The normalized spacial score (nSPS) is 19.2. The van der Waals surface area contributed by atoms with Gasteiger partial charge in [0.2, 0.25) is 0 Å². The predicted molar refractivity (Wildman–Crippen MR) is 73.6 cm³/mol. The van der Waals surface area contributed by atoms with Gasteiger partial charge >= 0.3 is 0 Å². The lowest BCUT2D eigenvalue weighted by molar-refractivity contribution is 0.0924. The fourth-order valence-electron chi connectivity index (χ4n) is 2.68. The van der Waals surface area contributed by atoms with Crippen molar-refractivity contribution in [3.63, 3.8) is 0 Å². The molecule has 1 fully saturated rings. The van der Waals surface area contributed by atoms with Gasteiger partial charge in [0, 0.05) is 24.5 Å². The molecule has 5 nitrogen and oxygen atoms in total. The van der Waals surface area contributed by atoms with Crippen LogP contribution in [0, 0.1) is 0 Å². The Balaban J connectivity index is 1.78. The highest BCUT2D eigenvalue weighted by atomic mass is 32.2. The molecule has 3 rings (SSSR count). The van der Waals surface area contributed by atoms with E-state index in [0.29, 0.717) is 6.54 Å². The number of carbonyl (C=O) groups is 1. The van der Waals surface area contributed by atoms with Gasteiger partial charge in [-0.15, -0.1) is 0 Å². The Kier molecular flexibility index (Phi) is 3.59. The zero-order chi connectivity index (χ0) is 13.2. The molecule has 1 saturated carbocycles. The summed E-state index contributed by atoms with van der Waals surface area (Å²) in [6.45, 7) is 0.649. The summed E-state index contributed by atoms with van der Waals surface area (Å²) in [6.07, 6.45) is 7.01. The summed E-state index contributed by atoms with van der Waals surface area (Å²) in [5, 5.41) is 3.69. The third-order valence-electron chi connectivity index (χ3n) is 3.74. The van der Waals surface area contributed by atoms with Crippen LogP contribution >= 0.6 is 11.8 Å². The van der Waals surface area contributed by atoms with E-state index in [1.54, 1.807) is 16.3 Å². The highest BCUT2D eigenvalue weighted by molar-refractivity contribution is 7.99. The second-order valence-corrected chi connectivity index (χ2v) is 6.13. The first-order valence-electron chi connectivity index (χ1n) is 6.79. The van der Waals surface area contributed by atoms with Gasteiger partial charge in [-0.2, -0.15) is 0 Å². The first-order valence-corrected chi connectivity index (χ1v) is 7.78. The van der Waals surface area contributed by atoms with Gasteiger partial charge in [0.25, 0.3) is 11.5 Å². The molecule has 0 aromatic carbocycles. The van der Waals surface area contributed by atoms with Gasteiger partial charge in [0.15, 0.2) is 5.16 Å². The summed E-state index contributed by atoms with van der Waals surface area (Å²) in [5.41, 5.74) is -0.0277. The second kappa shape index (κ2) is 5.36. The van der Waals surface area contributed by atoms with Crippen LogP contribution in [0.25, 0.3) is 0 Å².